The lowest BCUT2D eigenvalue weighted by atomic mass is 9.95. The van der Waals surface area contributed by atoms with Crippen molar-refractivity contribution in [3.8, 4) is 0 Å². The molecular formula is C28H38BrN3O4S. The molecule has 1 fully saturated rings. The van der Waals surface area contributed by atoms with Gasteiger partial charge in [0.15, 0.2) is 0 Å². The molecule has 1 aliphatic carbocycles. The zero-order valence-corrected chi connectivity index (χ0v) is 24.4. The van der Waals surface area contributed by atoms with Gasteiger partial charge in [0.05, 0.1) is 11.9 Å². The van der Waals surface area contributed by atoms with E-state index in [0.29, 0.717) is 18.7 Å². The molecule has 0 bridgehead atoms. The molecule has 0 aliphatic heterocycles. The minimum Gasteiger partial charge on any atom is -0.352 e. The van der Waals surface area contributed by atoms with E-state index in [-0.39, 0.29) is 30.8 Å². The van der Waals surface area contributed by atoms with Crippen LogP contribution in [-0.4, -0.2) is 50.0 Å². The summed E-state index contributed by atoms with van der Waals surface area (Å²) < 4.78 is 27.3. The van der Waals surface area contributed by atoms with Gasteiger partial charge >= 0.3 is 0 Å². The standard InChI is InChI=1S/C28H38BrN3O4S/c1-21-10-7-8-13-26(21)32(37(3,35)36)19-9-14-27(33)31(20-23-15-17-24(29)18-16-23)22(2)28(34)30-25-11-5-4-6-12-25/h7-8,10,13,15-18,22,25H,4-6,9,11-12,14,19-20H2,1-3H3,(H,30,34)/t22-/m1/s1. The monoisotopic (exact) mass is 591 g/mol. The Kier molecular flexibility index (Phi) is 10.6. The summed E-state index contributed by atoms with van der Waals surface area (Å²) in [5, 5.41) is 3.14. The average molecular weight is 593 g/mol. The predicted molar refractivity (Wildman–Crippen MR) is 152 cm³/mol. The third-order valence-electron chi connectivity index (χ3n) is 6.92. The smallest absolute Gasteiger partial charge is 0.242 e. The highest BCUT2D eigenvalue weighted by Crippen LogP contribution is 2.23. The van der Waals surface area contributed by atoms with Crippen LogP contribution in [-0.2, 0) is 26.2 Å². The number of hydrogen-bond acceptors (Lipinski definition) is 4. The molecule has 37 heavy (non-hydrogen) atoms. The van der Waals surface area contributed by atoms with Crippen LogP contribution in [0.15, 0.2) is 53.0 Å². The summed E-state index contributed by atoms with van der Waals surface area (Å²) in [4.78, 5) is 28.2. The zero-order valence-electron chi connectivity index (χ0n) is 22.0. The largest absolute Gasteiger partial charge is 0.352 e. The minimum absolute atomic E-state index is 0.134. The molecule has 1 atom stereocenters. The maximum atomic E-state index is 13.5. The van der Waals surface area contributed by atoms with Crippen LogP contribution in [0.2, 0.25) is 0 Å². The highest BCUT2D eigenvalue weighted by molar-refractivity contribution is 9.10. The van der Waals surface area contributed by atoms with E-state index in [2.05, 4.69) is 21.2 Å². The summed E-state index contributed by atoms with van der Waals surface area (Å²) >= 11 is 3.44. The third-order valence-corrected chi connectivity index (χ3v) is 8.63. The molecule has 0 radical (unpaired) electrons. The van der Waals surface area contributed by atoms with Gasteiger partial charge in [-0.2, -0.15) is 0 Å². The van der Waals surface area contributed by atoms with Crippen LogP contribution in [0.4, 0.5) is 5.69 Å². The van der Waals surface area contributed by atoms with E-state index in [1.165, 1.54) is 17.0 Å². The Balaban J connectivity index is 1.71. The van der Waals surface area contributed by atoms with E-state index < -0.39 is 16.1 Å². The molecule has 202 valence electrons. The first kappa shape index (κ1) is 29.2. The second-order valence-corrected chi connectivity index (χ2v) is 12.7. The molecular weight excluding hydrogens is 554 g/mol. The molecule has 2 aromatic carbocycles. The fourth-order valence-electron chi connectivity index (χ4n) is 4.76. The molecule has 3 rings (SSSR count). The summed E-state index contributed by atoms with van der Waals surface area (Å²) in [7, 11) is -3.52. The summed E-state index contributed by atoms with van der Waals surface area (Å²) in [6.45, 7) is 4.12. The molecule has 1 N–H and O–H groups in total. The number of sulfonamides is 1. The number of amides is 2. The van der Waals surface area contributed by atoms with Gasteiger partial charge in [0, 0.05) is 30.0 Å². The number of benzene rings is 2. The van der Waals surface area contributed by atoms with Crippen molar-refractivity contribution in [2.45, 2.75) is 77.4 Å². The molecule has 1 aliphatic rings. The number of carbonyl (C=O) groups excluding carboxylic acids is 2. The fraction of sp³-hybridized carbons (Fsp3) is 0.500. The van der Waals surface area contributed by atoms with Gasteiger partial charge in [-0.05, 0) is 62.4 Å². The van der Waals surface area contributed by atoms with Crippen molar-refractivity contribution in [2.75, 3.05) is 17.1 Å². The normalized spacial score (nSPS) is 15.1. The van der Waals surface area contributed by atoms with Gasteiger partial charge in [-0.15, -0.1) is 0 Å². The highest BCUT2D eigenvalue weighted by Gasteiger charge is 2.28. The van der Waals surface area contributed by atoms with Crippen molar-refractivity contribution in [2.24, 2.45) is 0 Å². The second-order valence-electron chi connectivity index (χ2n) is 9.89. The maximum Gasteiger partial charge on any atom is 0.242 e. The molecule has 2 aromatic rings. The van der Waals surface area contributed by atoms with Crippen LogP contribution in [0.5, 0.6) is 0 Å². The van der Waals surface area contributed by atoms with Crippen LogP contribution >= 0.6 is 15.9 Å². The molecule has 1 saturated carbocycles. The SMILES string of the molecule is Cc1ccccc1N(CCCC(=O)N(Cc1ccc(Br)cc1)[C@H](C)C(=O)NC1CCCCC1)S(C)(=O)=O. The van der Waals surface area contributed by atoms with Crippen LogP contribution < -0.4 is 9.62 Å². The first-order valence-electron chi connectivity index (χ1n) is 12.9. The quantitative estimate of drug-likeness (QED) is 0.390. The lowest BCUT2D eigenvalue weighted by molar-refractivity contribution is -0.141. The van der Waals surface area contributed by atoms with Crippen LogP contribution in [0, 0.1) is 6.92 Å². The molecule has 0 aromatic heterocycles. The summed E-state index contributed by atoms with van der Waals surface area (Å²) in [6.07, 6.45) is 7.02. The molecule has 0 unspecified atom stereocenters. The number of nitrogens with one attached hydrogen (secondary N) is 1. The first-order chi connectivity index (χ1) is 17.6. The Morgan fingerprint density at radius 3 is 2.32 bits per heavy atom. The van der Waals surface area contributed by atoms with Gasteiger partial charge in [-0.1, -0.05) is 65.5 Å². The Labute approximate surface area is 229 Å². The van der Waals surface area contributed by atoms with Gasteiger partial charge in [-0.25, -0.2) is 8.42 Å². The zero-order chi connectivity index (χ0) is 27.0. The number of carbonyl (C=O) groups is 2. The number of halogens is 1. The lowest BCUT2D eigenvalue weighted by Crippen LogP contribution is -2.50. The van der Waals surface area contributed by atoms with Gasteiger partial charge in [0.1, 0.15) is 6.04 Å². The number of hydrogen-bond donors (Lipinski definition) is 1. The number of nitrogens with zero attached hydrogens (tertiary/aromatic N) is 2. The van der Waals surface area contributed by atoms with Gasteiger partial charge in [0.25, 0.3) is 0 Å². The van der Waals surface area contributed by atoms with Crippen molar-refractivity contribution in [1.29, 1.82) is 0 Å². The van der Waals surface area contributed by atoms with E-state index >= 15 is 0 Å². The number of aryl methyl sites for hydroxylation is 1. The molecule has 9 heteroatoms. The van der Waals surface area contributed by atoms with Crippen LogP contribution in [0.3, 0.4) is 0 Å². The number of para-hydroxylation sites is 1. The van der Waals surface area contributed by atoms with E-state index in [1.54, 1.807) is 24.0 Å². The van der Waals surface area contributed by atoms with Crippen molar-refractivity contribution in [3.05, 3.63) is 64.1 Å². The number of rotatable bonds is 11. The van der Waals surface area contributed by atoms with Crippen molar-refractivity contribution < 1.29 is 18.0 Å². The Morgan fingerprint density at radius 2 is 1.70 bits per heavy atom. The van der Waals surface area contributed by atoms with Crippen molar-refractivity contribution in [3.63, 3.8) is 0 Å². The third kappa shape index (κ3) is 8.57. The second kappa shape index (κ2) is 13.4. The molecule has 0 heterocycles. The lowest BCUT2D eigenvalue weighted by Gasteiger charge is -2.31. The number of anilines is 1. The molecule has 2 amide bonds. The van der Waals surface area contributed by atoms with E-state index in [0.717, 1.165) is 41.3 Å². The van der Waals surface area contributed by atoms with E-state index in [4.69, 9.17) is 0 Å². The summed E-state index contributed by atoms with van der Waals surface area (Å²) in [5.74, 6) is -0.317. The maximum absolute atomic E-state index is 13.5. The predicted octanol–water partition coefficient (Wildman–Crippen LogP) is 5.17. The van der Waals surface area contributed by atoms with E-state index in [9.17, 15) is 18.0 Å². The first-order valence-corrected chi connectivity index (χ1v) is 15.6. The van der Waals surface area contributed by atoms with Crippen molar-refractivity contribution in [1.82, 2.24) is 10.2 Å². The molecule has 7 nitrogen and oxygen atoms in total. The van der Waals surface area contributed by atoms with Crippen LogP contribution in [0.1, 0.15) is 63.0 Å². The van der Waals surface area contributed by atoms with Gasteiger partial charge in [-0.3, -0.25) is 13.9 Å². The molecule has 0 spiro atoms. The molecule has 0 saturated heterocycles. The van der Waals surface area contributed by atoms with Crippen molar-refractivity contribution >= 4 is 43.5 Å². The minimum atomic E-state index is -3.52. The van der Waals surface area contributed by atoms with Crippen LogP contribution in [0.25, 0.3) is 0 Å². The Morgan fingerprint density at radius 1 is 1.05 bits per heavy atom. The Hall–Kier alpha value is -2.39. The summed E-state index contributed by atoms with van der Waals surface area (Å²) in [6, 6.07) is 14.5. The summed E-state index contributed by atoms with van der Waals surface area (Å²) in [5.41, 5.74) is 2.39. The Bertz CT molecular complexity index is 1160. The topological polar surface area (TPSA) is 86.8 Å². The average Bonchev–Trinajstić information content (AvgIpc) is 2.86. The van der Waals surface area contributed by atoms with Gasteiger partial charge in [0.2, 0.25) is 21.8 Å². The highest BCUT2D eigenvalue weighted by atomic mass is 79.9. The van der Waals surface area contributed by atoms with Gasteiger partial charge < -0.3 is 10.2 Å². The van der Waals surface area contributed by atoms with E-state index in [1.807, 2.05) is 43.3 Å². The fourth-order valence-corrected chi connectivity index (χ4v) is 6.05.